The van der Waals surface area contributed by atoms with Crippen molar-refractivity contribution in [2.45, 2.75) is 26.7 Å². The molecule has 2 rings (SSSR count). The molecule has 84 valence electrons. The quantitative estimate of drug-likeness (QED) is 0.788. The van der Waals surface area contributed by atoms with Gasteiger partial charge >= 0.3 is 0 Å². The van der Waals surface area contributed by atoms with Crippen molar-refractivity contribution in [3.63, 3.8) is 0 Å². The Morgan fingerprint density at radius 2 is 1.88 bits per heavy atom. The molecule has 0 fully saturated rings. The summed E-state index contributed by atoms with van der Waals surface area (Å²) in [5, 5.41) is 0. The van der Waals surface area contributed by atoms with E-state index in [4.69, 9.17) is 4.74 Å². The van der Waals surface area contributed by atoms with Crippen molar-refractivity contribution in [2.75, 3.05) is 7.11 Å². The first-order chi connectivity index (χ1) is 7.56. The van der Waals surface area contributed by atoms with Crippen LogP contribution in [0, 0.1) is 6.92 Å². The zero-order chi connectivity index (χ0) is 11.9. The summed E-state index contributed by atoms with van der Waals surface area (Å²) in [4.78, 5) is 11.4. The summed E-state index contributed by atoms with van der Waals surface area (Å²) in [6.45, 7) is 6.14. The molecule has 0 aliphatic heterocycles. The fraction of sp³-hybridized carbons (Fsp3) is 0.357. The van der Waals surface area contributed by atoms with Crippen molar-refractivity contribution >= 4 is 0 Å². The second kappa shape index (κ2) is 3.78. The minimum absolute atomic E-state index is 0.166. The average Bonchev–Trinajstić information content (AvgIpc) is 2.85. The highest BCUT2D eigenvalue weighted by Crippen LogP contribution is 2.35. The minimum Gasteiger partial charge on any atom is -0.496 e. The summed E-state index contributed by atoms with van der Waals surface area (Å²) in [6, 6.07) is 6.06. The van der Waals surface area contributed by atoms with Crippen LogP contribution in [0.4, 0.5) is 0 Å². The highest BCUT2D eigenvalue weighted by Gasteiger charge is 2.22. The predicted molar refractivity (Wildman–Crippen MR) is 65.9 cm³/mol. The summed E-state index contributed by atoms with van der Waals surface area (Å²) >= 11 is 0. The van der Waals surface area contributed by atoms with Crippen molar-refractivity contribution in [3.05, 3.63) is 39.5 Å². The Kier molecular flexibility index (Phi) is 2.58. The third-order valence-electron chi connectivity index (χ3n) is 3.04. The third kappa shape index (κ3) is 1.64. The number of ether oxygens (including phenoxy) is 1. The van der Waals surface area contributed by atoms with Crippen LogP contribution in [0.1, 0.15) is 30.9 Å². The van der Waals surface area contributed by atoms with Gasteiger partial charge in [-0.3, -0.25) is 4.79 Å². The van der Waals surface area contributed by atoms with E-state index in [1.54, 1.807) is 7.11 Å². The molecule has 2 nitrogen and oxygen atoms in total. The Labute approximate surface area is 95.6 Å². The summed E-state index contributed by atoms with van der Waals surface area (Å²) in [5.74, 6) is 1.24. The first kappa shape index (κ1) is 10.9. The standard InChI is InChI=1S/C14H16O2/c1-8(2)10-5-6-12(16-4)11(7-10)13-9(3)14(13)15/h5-8H,1-4H3. The third-order valence-corrected chi connectivity index (χ3v) is 3.04. The first-order valence-electron chi connectivity index (χ1n) is 5.50. The van der Waals surface area contributed by atoms with Crippen LogP contribution in [0.15, 0.2) is 23.0 Å². The molecule has 0 saturated carbocycles. The molecule has 0 atom stereocenters. The zero-order valence-electron chi connectivity index (χ0n) is 10.1. The van der Waals surface area contributed by atoms with E-state index >= 15 is 0 Å². The maximum atomic E-state index is 11.4. The van der Waals surface area contributed by atoms with E-state index in [2.05, 4.69) is 26.0 Å². The van der Waals surface area contributed by atoms with E-state index in [9.17, 15) is 4.79 Å². The Balaban J connectivity index is 2.53. The predicted octanol–water partition coefficient (Wildman–Crippen LogP) is 3.03. The highest BCUT2D eigenvalue weighted by atomic mass is 16.5. The molecule has 0 aliphatic carbocycles. The highest BCUT2D eigenvalue weighted by molar-refractivity contribution is 5.80. The number of hydrogen-bond acceptors (Lipinski definition) is 2. The molecule has 0 aliphatic rings. The van der Waals surface area contributed by atoms with Gasteiger partial charge in [0.2, 0.25) is 0 Å². The van der Waals surface area contributed by atoms with Crippen molar-refractivity contribution in [2.24, 2.45) is 0 Å². The maximum absolute atomic E-state index is 11.4. The summed E-state index contributed by atoms with van der Waals surface area (Å²) < 4.78 is 5.29. The zero-order valence-corrected chi connectivity index (χ0v) is 10.1. The van der Waals surface area contributed by atoms with E-state index in [-0.39, 0.29) is 5.43 Å². The van der Waals surface area contributed by atoms with E-state index in [0.717, 1.165) is 22.4 Å². The molecular formula is C14H16O2. The second-order valence-electron chi connectivity index (χ2n) is 4.44. The smallest absolute Gasteiger partial charge is 0.190 e. The summed E-state index contributed by atoms with van der Waals surface area (Å²) in [6.07, 6.45) is 0. The van der Waals surface area contributed by atoms with Crippen molar-refractivity contribution in [1.82, 2.24) is 0 Å². The molecule has 0 radical (unpaired) electrons. The van der Waals surface area contributed by atoms with E-state index in [1.165, 1.54) is 5.56 Å². The van der Waals surface area contributed by atoms with Gasteiger partial charge in [-0.2, -0.15) is 0 Å². The average molecular weight is 216 g/mol. The summed E-state index contributed by atoms with van der Waals surface area (Å²) in [5.41, 5.74) is 4.03. The molecule has 2 heteroatoms. The van der Waals surface area contributed by atoms with Gasteiger partial charge in [0.1, 0.15) is 5.75 Å². The molecule has 0 amide bonds. The van der Waals surface area contributed by atoms with Gasteiger partial charge in [0, 0.05) is 16.7 Å². The Morgan fingerprint density at radius 3 is 2.31 bits per heavy atom. The molecule has 2 aromatic carbocycles. The Morgan fingerprint density at radius 1 is 1.25 bits per heavy atom. The molecular weight excluding hydrogens is 200 g/mol. The van der Waals surface area contributed by atoms with E-state index in [1.807, 2.05) is 13.0 Å². The second-order valence-corrected chi connectivity index (χ2v) is 4.44. The van der Waals surface area contributed by atoms with Gasteiger partial charge in [-0.25, -0.2) is 0 Å². The fourth-order valence-corrected chi connectivity index (χ4v) is 1.86. The molecule has 0 N–H and O–H groups in total. The van der Waals surface area contributed by atoms with Gasteiger partial charge in [-0.15, -0.1) is 0 Å². The Bertz CT molecular complexity index is 529. The SMILES string of the molecule is COc1ccc(C(C)C)cc1-c1c(C)c1=O. The van der Waals surface area contributed by atoms with Crippen molar-refractivity contribution in [1.29, 1.82) is 0 Å². The minimum atomic E-state index is 0.166. The van der Waals surface area contributed by atoms with Crippen LogP contribution in [0.2, 0.25) is 0 Å². The molecule has 0 bridgehead atoms. The van der Waals surface area contributed by atoms with Crippen LogP contribution in [0.3, 0.4) is 0 Å². The van der Waals surface area contributed by atoms with E-state index < -0.39 is 0 Å². The van der Waals surface area contributed by atoms with Crippen LogP contribution >= 0.6 is 0 Å². The van der Waals surface area contributed by atoms with Crippen LogP contribution < -0.4 is 10.2 Å². The molecule has 16 heavy (non-hydrogen) atoms. The van der Waals surface area contributed by atoms with Crippen LogP contribution in [-0.2, 0) is 0 Å². The number of benzene rings is 1. The lowest BCUT2D eigenvalue weighted by molar-refractivity contribution is 0.416. The van der Waals surface area contributed by atoms with Gasteiger partial charge in [0.15, 0.2) is 5.43 Å². The van der Waals surface area contributed by atoms with Crippen LogP contribution in [-0.4, -0.2) is 7.11 Å². The lowest BCUT2D eigenvalue weighted by Gasteiger charge is -2.10. The molecule has 0 heterocycles. The summed E-state index contributed by atoms with van der Waals surface area (Å²) in [7, 11) is 1.64. The van der Waals surface area contributed by atoms with Gasteiger partial charge in [-0.05, 0) is 30.5 Å². The van der Waals surface area contributed by atoms with Gasteiger partial charge < -0.3 is 4.74 Å². The van der Waals surface area contributed by atoms with E-state index in [0.29, 0.717) is 5.92 Å². The lowest BCUT2D eigenvalue weighted by Crippen LogP contribution is -1.92. The topological polar surface area (TPSA) is 26.3 Å². The van der Waals surface area contributed by atoms with Crippen LogP contribution in [0.25, 0.3) is 11.1 Å². The lowest BCUT2D eigenvalue weighted by atomic mass is 9.99. The normalized spacial score (nSPS) is 11.3. The molecule has 0 unspecified atom stereocenters. The van der Waals surface area contributed by atoms with Crippen LogP contribution in [0.5, 0.6) is 5.75 Å². The van der Waals surface area contributed by atoms with Crippen molar-refractivity contribution < 1.29 is 4.74 Å². The number of methoxy groups -OCH3 is 1. The number of hydrogen-bond donors (Lipinski definition) is 0. The maximum Gasteiger partial charge on any atom is 0.190 e. The first-order valence-corrected chi connectivity index (χ1v) is 5.50. The van der Waals surface area contributed by atoms with Gasteiger partial charge in [0.25, 0.3) is 0 Å². The largest absolute Gasteiger partial charge is 0.496 e. The molecule has 0 aromatic heterocycles. The number of rotatable bonds is 3. The van der Waals surface area contributed by atoms with Gasteiger partial charge in [0.05, 0.1) is 7.11 Å². The fourth-order valence-electron chi connectivity index (χ4n) is 1.86. The van der Waals surface area contributed by atoms with Crippen molar-refractivity contribution in [3.8, 4) is 16.9 Å². The van der Waals surface area contributed by atoms with Gasteiger partial charge in [-0.1, -0.05) is 19.9 Å². The molecule has 2 aromatic rings. The molecule has 0 saturated heterocycles. The molecule has 0 spiro atoms. The Hall–Kier alpha value is -1.57. The monoisotopic (exact) mass is 216 g/mol.